The zero-order chi connectivity index (χ0) is 23.3. The number of anilines is 1. The molecule has 6 nitrogen and oxygen atoms in total. The predicted octanol–water partition coefficient (Wildman–Crippen LogP) is 5.22. The van der Waals surface area contributed by atoms with Crippen LogP contribution in [-0.4, -0.2) is 61.8 Å². The van der Waals surface area contributed by atoms with E-state index in [4.69, 9.17) is 14.5 Å². The monoisotopic (exact) mass is 475 g/mol. The molecule has 1 aliphatic heterocycles. The van der Waals surface area contributed by atoms with Gasteiger partial charge in [-0.2, -0.15) is 0 Å². The van der Waals surface area contributed by atoms with Crippen LogP contribution in [0.3, 0.4) is 0 Å². The highest BCUT2D eigenvalue weighted by atomic mass is 32.1. The summed E-state index contributed by atoms with van der Waals surface area (Å²) in [5, 5.41) is 2.65. The number of fused-ring (bicyclic) bond motifs is 2. The summed E-state index contributed by atoms with van der Waals surface area (Å²) in [5.41, 5.74) is 1.52. The molecule has 0 saturated carbocycles. The molecule has 7 heteroatoms. The van der Waals surface area contributed by atoms with Crippen molar-refractivity contribution in [3.63, 3.8) is 0 Å². The largest absolute Gasteiger partial charge is 0.493 e. The first-order chi connectivity index (χ1) is 16.7. The predicted molar refractivity (Wildman–Crippen MR) is 138 cm³/mol. The lowest BCUT2D eigenvalue weighted by atomic mass is 10.0. The summed E-state index contributed by atoms with van der Waals surface area (Å²) in [7, 11) is 0. The van der Waals surface area contributed by atoms with E-state index in [1.54, 1.807) is 11.3 Å². The highest BCUT2D eigenvalue weighted by Crippen LogP contribution is 2.34. The SMILES string of the molecule is CCOc1ccc2ccccc2c1C(=O)N(CCCN1CCOCC1)c1nc2ccccc2s1. The maximum atomic E-state index is 14.2. The van der Waals surface area contributed by atoms with Gasteiger partial charge in [0.05, 0.1) is 35.6 Å². The molecular weight excluding hydrogens is 446 g/mol. The molecule has 0 bridgehead atoms. The molecule has 0 aliphatic carbocycles. The van der Waals surface area contributed by atoms with Crippen LogP contribution in [0.2, 0.25) is 0 Å². The number of nitrogens with zero attached hydrogens (tertiary/aromatic N) is 3. The van der Waals surface area contributed by atoms with Gasteiger partial charge in [-0.05, 0) is 42.3 Å². The van der Waals surface area contributed by atoms with E-state index >= 15 is 0 Å². The first-order valence-corrected chi connectivity index (χ1v) is 12.7. The zero-order valence-electron chi connectivity index (χ0n) is 19.4. The van der Waals surface area contributed by atoms with E-state index in [0.29, 0.717) is 24.5 Å². The van der Waals surface area contributed by atoms with Gasteiger partial charge in [0.2, 0.25) is 0 Å². The van der Waals surface area contributed by atoms with Crippen molar-refractivity contribution in [2.75, 3.05) is 50.9 Å². The van der Waals surface area contributed by atoms with Crippen molar-refractivity contribution in [2.45, 2.75) is 13.3 Å². The number of hydrogen-bond donors (Lipinski definition) is 0. The highest BCUT2D eigenvalue weighted by Gasteiger charge is 2.26. The minimum absolute atomic E-state index is 0.0683. The first kappa shape index (κ1) is 22.8. The van der Waals surface area contributed by atoms with Crippen LogP contribution in [0, 0.1) is 0 Å². The van der Waals surface area contributed by atoms with Gasteiger partial charge in [-0.15, -0.1) is 0 Å². The smallest absolute Gasteiger partial charge is 0.264 e. The minimum atomic E-state index is -0.0683. The number of hydrogen-bond acceptors (Lipinski definition) is 6. The second-order valence-electron chi connectivity index (χ2n) is 8.32. The van der Waals surface area contributed by atoms with E-state index in [1.807, 2.05) is 66.4 Å². The van der Waals surface area contributed by atoms with Crippen molar-refractivity contribution in [1.29, 1.82) is 0 Å². The second-order valence-corrected chi connectivity index (χ2v) is 9.33. The number of ether oxygens (including phenoxy) is 2. The molecule has 4 aromatic rings. The van der Waals surface area contributed by atoms with Crippen LogP contribution in [0.5, 0.6) is 5.75 Å². The molecule has 176 valence electrons. The van der Waals surface area contributed by atoms with Gasteiger partial charge in [0.1, 0.15) is 5.75 Å². The Kier molecular flexibility index (Phi) is 7.04. The Morgan fingerprint density at radius 2 is 1.88 bits per heavy atom. The van der Waals surface area contributed by atoms with Crippen LogP contribution in [0.25, 0.3) is 21.0 Å². The Balaban J connectivity index is 1.51. The summed E-state index contributed by atoms with van der Waals surface area (Å²) >= 11 is 1.56. The lowest BCUT2D eigenvalue weighted by molar-refractivity contribution is 0.0376. The third kappa shape index (κ3) is 4.78. The Morgan fingerprint density at radius 3 is 2.71 bits per heavy atom. The van der Waals surface area contributed by atoms with E-state index < -0.39 is 0 Å². The van der Waals surface area contributed by atoms with E-state index in [0.717, 1.165) is 65.4 Å². The van der Waals surface area contributed by atoms with Crippen LogP contribution >= 0.6 is 11.3 Å². The summed E-state index contributed by atoms with van der Waals surface area (Å²) in [6.45, 7) is 7.37. The Morgan fingerprint density at radius 1 is 1.09 bits per heavy atom. The fourth-order valence-corrected chi connectivity index (χ4v) is 5.41. The molecule has 0 N–H and O–H groups in total. The molecule has 5 rings (SSSR count). The number of aromatic nitrogens is 1. The number of benzene rings is 3. The van der Waals surface area contributed by atoms with E-state index in [1.165, 1.54) is 0 Å². The maximum absolute atomic E-state index is 14.2. The standard InChI is InChI=1S/C27H29N3O3S/c1-2-33-23-13-12-20-8-3-4-9-21(20)25(23)26(31)30(15-7-14-29-16-18-32-19-17-29)27-28-22-10-5-6-11-24(22)34-27/h3-6,8-13H,2,7,14-19H2,1H3. The number of rotatable bonds is 8. The van der Waals surface area contributed by atoms with Crippen LogP contribution in [0.1, 0.15) is 23.7 Å². The van der Waals surface area contributed by atoms with Crippen molar-refractivity contribution < 1.29 is 14.3 Å². The number of carbonyl (C=O) groups is 1. The van der Waals surface area contributed by atoms with Crippen molar-refractivity contribution in [2.24, 2.45) is 0 Å². The second kappa shape index (κ2) is 10.5. The topological polar surface area (TPSA) is 54.9 Å². The minimum Gasteiger partial charge on any atom is -0.493 e. The molecule has 1 aromatic heterocycles. The summed E-state index contributed by atoms with van der Waals surface area (Å²) in [6.07, 6.45) is 0.858. The van der Waals surface area contributed by atoms with Gasteiger partial charge in [0, 0.05) is 26.2 Å². The molecular formula is C27H29N3O3S. The number of carbonyl (C=O) groups excluding carboxylic acids is 1. The number of thiazole rings is 1. The summed E-state index contributed by atoms with van der Waals surface area (Å²) in [5.74, 6) is 0.548. The van der Waals surface area contributed by atoms with E-state index in [9.17, 15) is 4.79 Å². The molecule has 1 aliphatic rings. The van der Waals surface area contributed by atoms with Crippen LogP contribution in [-0.2, 0) is 4.74 Å². The van der Waals surface area contributed by atoms with Gasteiger partial charge in [-0.3, -0.25) is 14.6 Å². The summed E-state index contributed by atoms with van der Waals surface area (Å²) in [6, 6.07) is 19.9. The van der Waals surface area contributed by atoms with Crippen molar-refractivity contribution in [3.05, 3.63) is 66.2 Å². The zero-order valence-corrected chi connectivity index (χ0v) is 20.2. The Bertz CT molecular complexity index is 1250. The van der Waals surface area contributed by atoms with Crippen molar-refractivity contribution in [3.8, 4) is 5.75 Å². The fraction of sp³-hybridized carbons (Fsp3) is 0.333. The third-order valence-corrected chi connectivity index (χ3v) is 7.18. The molecule has 0 spiro atoms. The van der Waals surface area contributed by atoms with Gasteiger partial charge in [-0.25, -0.2) is 4.98 Å². The van der Waals surface area contributed by atoms with Gasteiger partial charge in [0.25, 0.3) is 5.91 Å². The summed E-state index contributed by atoms with van der Waals surface area (Å²) in [4.78, 5) is 23.3. The Labute approximate surface area is 203 Å². The van der Waals surface area contributed by atoms with Crippen molar-refractivity contribution >= 4 is 43.4 Å². The number of para-hydroxylation sites is 1. The van der Waals surface area contributed by atoms with Gasteiger partial charge >= 0.3 is 0 Å². The average molecular weight is 476 g/mol. The molecule has 1 fully saturated rings. The molecule has 3 aromatic carbocycles. The quantitative estimate of drug-likeness (QED) is 0.350. The van der Waals surface area contributed by atoms with Crippen molar-refractivity contribution in [1.82, 2.24) is 9.88 Å². The number of amides is 1. The lowest BCUT2D eigenvalue weighted by Crippen LogP contribution is -2.39. The van der Waals surface area contributed by atoms with Crippen LogP contribution in [0.15, 0.2) is 60.7 Å². The van der Waals surface area contributed by atoms with Gasteiger partial charge in [-0.1, -0.05) is 53.8 Å². The van der Waals surface area contributed by atoms with Gasteiger partial charge < -0.3 is 9.47 Å². The average Bonchev–Trinajstić information content (AvgIpc) is 3.31. The molecule has 2 heterocycles. The molecule has 0 atom stereocenters. The highest BCUT2D eigenvalue weighted by molar-refractivity contribution is 7.22. The van der Waals surface area contributed by atoms with Crippen LogP contribution in [0.4, 0.5) is 5.13 Å². The molecule has 0 radical (unpaired) electrons. The normalized spacial score (nSPS) is 14.5. The van der Waals surface area contributed by atoms with E-state index in [-0.39, 0.29) is 5.91 Å². The molecule has 1 amide bonds. The first-order valence-electron chi connectivity index (χ1n) is 11.9. The van der Waals surface area contributed by atoms with E-state index in [2.05, 4.69) is 11.0 Å². The maximum Gasteiger partial charge on any atom is 0.264 e. The van der Waals surface area contributed by atoms with Gasteiger partial charge in [0.15, 0.2) is 5.13 Å². The third-order valence-electron chi connectivity index (χ3n) is 6.12. The molecule has 0 unspecified atom stereocenters. The lowest BCUT2D eigenvalue weighted by Gasteiger charge is -2.28. The number of morpholine rings is 1. The Hall–Kier alpha value is -3.00. The van der Waals surface area contributed by atoms with Crippen LogP contribution < -0.4 is 9.64 Å². The molecule has 1 saturated heterocycles. The fourth-order valence-electron chi connectivity index (χ4n) is 4.42. The summed E-state index contributed by atoms with van der Waals surface area (Å²) < 4.78 is 12.5. The molecule has 34 heavy (non-hydrogen) atoms.